The number of hydrogen-bond acceptors (Lipinski definition) is 4. The number of amides is 1. The molecule has 1 aliphatic heterocycles. The molecule has 6 nitrogen and oxygen atoms in total. The zero-order chi connectivity index (χ0) is 26.1. The van der Waals surface area contributed by atoms with Gasteiger partial charge in [0.25, 0.3) is 11.5 Å². The highest BCUT2D eigenvalue weighted by molar-refractivity contribution is 6.05. The Morgan fingerprint density at radius 3 is 2.59 bits per heavy atom. The SMILES string of the molecule is C=CCN1CC(Nc2cc(-c3cc(C(=O)Nc4ccc(C(C)C)c(C)c4)cc(C4CC4)c3)c[nH]c2=O)C1. The first-order valence-corrected chi connectivity index (χ1v) is 13.2. The normalized spacial score (nSPS) is 15.9. The van der Waals surface area contributed by atoms with Crippen LogP contribution in [0.1, 0.15) is 65.6 Å². The highest BCUT2D eigenvalue weighted by atomic mass is 16.1. The molecule has 6 heteroatoms. The van der Waals surface area contributed by atoms with Crippen LogP contribution < -0.4 is 16.2 Å². The molecule has 2 heterocycles. The Morgan fingerprint density at radius 2 is 1.92 bits per heavy atom. The second-order valence-corrected chi connectivity index (χ2v) is 10.8. The Morgan fingerprint density at radius 1 is 1.14 bits per heavy atom. The lowest BCUT2D eigenvalue weighted by Gasteiger charge is -2.39. The number of likely N-dealkylation sites (tertiary alicyclic amines) is 1. The molecule has 2 aromatic carbocycles. The molecule has 1 aliphatic carbocycles. The van der Waals surface area contributed by atoms with E-state index in [4.69, 9.17) is 0 Å². The average Bonchev–Trinajstić information content (AvgIpc) is 3.69. The van der Waals surface area contributed by atoms with E-state index in [2.05, 4.69) is 60.0 Å². The molecule has 1 aromatic heterocycles. The van der Waals surface area contributed by atoms with Crippen LogP contribution in [0.5, 0.6) is 0 Å². The maximum atomic E-state index is 13.3. The van der Waals surface area contributed by atoms with Crippen LogP contribution in [0.15, 0.2) is 66.1 Å². The molecule has 192 valence electrons. The van der Waals surface area contributed by atoms with Crippen molar-refractivity contribution in [3.63, 3.8) is 0 Å². The molecule has 1 amide bonds. The van der Waals surface area contributed by atoms with Gasteiger partial charge in [-0.2, -0.15) is 0 Å². The Balaban J connectivity index is 1.39. The monoisotopic (exact) mass is 496 g/mol. The molecule has 3 N–H and O–H groups in total. The third-order valence-corrected chi connectivity index (χ3v) is 7.36. The van der Waals surface area contributed by atoms with Crippen LogP contribution in [0.25, 0.3) is 11.1 Å². The summed E-state index contributed by atoms with van der Waals surface area (Å²) in [6, 6.07) is 14.3. The van der Waals surface area contributed by atoms with Crippen LogP contribution >= 0.6 is 0 Å². The van der Waals surface area contributed by atoms with Crippen LogP contribution in [0.3, 0.4) is 0 Å². The van der Waals surface area contributed by atoms with Crippen molar-refractivity contribution >= 4 is 17.3 Å². The van der Waals surface area contributed by atoms with Crippen molar-refractivity contribution in [2.24, 2.45) is 0 Å². The van der Waals surface area contributed by atoms with Gasteiger partial charge in [0, 0.05) is 42.6 Å². The molecular formula is C31H36N4O2. The van der Waals surface area contributed by atoms with Crippen molar-refractivity contribution in [2.75, 3.05) is 30.3 Å². The van der Waals surface area contributed by atoms with Gasteiger partial charge in [0.05, 0.1) is 6.04 Å². The number of aromatic nitrogens is 1. The fourth-order valence-electron chi connectivity index (χ4n) is 5.18. The van der Waals surface area contributed by atoms with Gasteiger partial charge in [-0.25, -0.2) is 0 Å². The van der Waals surface area contributed by atoms with Gasteiger partial charge in [0.2, 0.25) is 0 Å². The number of aryl methyl sites for hydroxylation is 1. The van der Waals surface area contributed by atoms with Gasteiger partial charge in [-0.15, -0.1) is 6.58 Å². The van der Waals surface area contributed by atoms with E-state index in [-0.39, 0.29) is 17.5 Å². The molecule has 37 heavy (non-hydrogen) atoms. The van der Waals surface area contributed by atoms with Crippen molar-refractivity contribution < 1.29 is 4.79 Å². The summed E-state index contributed by atoms with van der Waals surface area (Å²) in [4.78, 5) is 31.0. The number of benzene rings is 2. The topological polar surface area (TPSA) is 77.2 Å². The van der Waals surface area contributed by atoms with Crippen LogP contribution in [-0.4, -0.2) is 41.5 Å². The van der Waals surface area contributed by atoms with E-state index < -0.39 is 0 Å². The lowest BCUT2D eigenvalue weighted by molar-refractivity contribution is 0.102. The molecule has 1 saturated heterocycles. The van der Waals surface area contributed by atoms with Gasteiger partial charge in [-0.05, 0) is 84.2 Å². The minimum Gasteiger partial charge on any atom is -0.375 e. The third kappa shape index (κ3) is 5.70. The van der Waals surface area contributed by atoms with Gasteiger partial charge in [0.15, 0.2) is 0 Å². The maximum Gasteiger partial charge on any atom is 0.271 e. The average molecular weight is 497 g/mol. The second-order valence-electron chi connectivity index (χ2n) is 10.8. The number of H-pyrrole nitrogens is 1. The number of carbonyl (C=O) groups is 1. The first-order chi connectivity index (χ1) is 17.8. The Bertz CT molecular complexity index is 1380. The van der Waals surface area contributed by atoms with Gasteiger partial charge in [-0.3, -0.25) is 14.5 Å². The smallest absolute Gasteiger partial charge is 0.271 e. The second kappa shape index (κ2) is 10.4. The van der Waals surface area contributed by atoms with E-state index in [9.17, 15) is 9.59 Å². The molecule has 0 radical (unpaired) electrons. The molecule has 0 bridgehead atoms. The van der Waals surface area contributed by atoms with Crippen LogP contribution in [-0.2, 0) is 0 Å². The van der Waals surface area contributed by atoms with E-state index in [0.717, 1.165) is 49.3 Å². The van der Waals surface area contributed by atoms with Crippen LogP contribution in [0, 0.1) is 6.92 Å². The number of nitrogens with zero attached hydrogens (tertiary/aromatic N) is 1. The minimum absolute atomic E-state index is 0.125. The van der Waals surface area contributed by atoms with Crippen LogP contribution in [0.4, 0.5) is 11.4 Å². The molecular weight excluding hydrogens is 460 g/mol. The van der Waals surface area contributed by atoms with Crippen molar-refractivity contribution in [3.05, 3.63) is 93.9 Å². The van der Waals surface area contributed by atoms with Gasteiger partial charge >= 0.3 is 0 Å². The summed E-state index contributed by atoms with van der Waals surface area (Å²) in [6.07, 6.45) is 5.91. The number of rotatable bonds is 9. The van der Waals surface area contributed by atoms with Crippen molar-refractivity contribution in [1.29, 1.82) is 0 Å². The number of aromatic amines is 1. The summed E-state index contributed by atoms with van der Waals surface area (Å²) < 4.78 is 0. The summed E-state index contributed by atoms with van der Waals surface area (Å²) in [7, 11) is 0. The van der Waals surface area contributed by atoms with Gasteiger partial charge in [-0.1, -0.05) is 32.1 Å². The van der Waals surface area contributed by atoms with Gasteiger partial charge in [0.1, 0.15) is 5.69 Å². The molecule has 0 spiro atoms. The quantitative estimate of drug-likeness (QED) is 0.323. The van der Waals surface area contributed by atoms with Gasteiger partial charge < -0.3 is 15.6 Å². The number of pyridine rings is 1. The summed E-state index contributed by atoms with van der Waals surface area (Å²) in [5, 5.41) is 6.47. The summed E-state index contributed by atoms with van der Waals surface area (Å²) in [6.45, 7) is 12.8. The predicted molar refractivity (Wildman–Crippen MR) is 152 cm³/mol. The standard InChI is InChI=1S/C31H36N4O2/c1-5-10-35-17-27(18-35)33-29-15-25(16-32-31(29)37)23-12-22(21-6-7-21)13-24(14-23)30(36)34-26-8-9-28(19(2)3)20(4)11-26/h5,8-9,11-16,19,21,27,33H,1,6-7,10,17-18H2,2-4H3,(H,32,37)(H,34,36). The highest BCUT2D eigenvalue weighted by Gasteiger charge is 2.27. The third-order valence-electron chi connectivity index (χ3n) is 7.36. The molecule has 5 rings (SSSR count). The summed E-state index contributed by atoms with van der Waals surface area (Å²) >= 11 is 0. The lowest BCUT2D eigenvalue weighted by atomic mass is 9.97. The summed E-state index contributed by atoms with van der Waals surface area (Å²) in [5.74, 6) is 0.805. The predicted octanol–water partition coefficient (Wildman–Crippen LogP) is 5.89. The molecule has 1 saturated carbocycles. The van der Waals surface area contributed by atoms with Crippen molar-refractivity contribution in [2.45, 2.75) is 51.5 Å². The van der Waals surface area contributed by atoms with Crippen molar-refractivity contribution in [3.8, 4) is 11.1 Å². The summed E-state index contributed by atoms with van der Waals surface area (Å²) in [5.41, 5.74) is 7.30. The number of carbonyl (C=O) groups excluding carboxylic acids is 1. The zero-order valence-electron chi connectivity index (χ0n) is 21.9. The minimum atomic E-state index is -0.137. The van der Waals surface area contributed by atoms with E-state index in [1.165, 1.54) is 16.7 Å². The molecule has 2 fully saturated rings. The van der Waals surface area contributed by atoms with E-state index in [1.807, 2.05) is 36.4 Å². The van der Waals surface area contributed by atoms with Crippen LogP contribution in [0.2, 0.25) is 0 Å². The maximum absolute atomic E-state index is 13.3. The first kappa shape index (κ1) is 25.0. The molecule has 2 aliphatic rings. The first-order valence-electron chi connectivity index (χ1n) is 13.2. The Labute approximate surface area is 218 Å². The van der Waals surface area contributed by atoms with E-state index in [0.29, 0.717) is 23.1 Å². The highest BCUT2D eigenvalue weighted by Crippen LogP contribution is 2.42. The fraction of sp³-hybridized carbons (Fsp3) is 0.355. The number of nitrogens with one attached hydrogen (secondary N) is 3. The Kier molecular flexibility index (Phi) is 7.02. The van der Waals surface area contributed by atoms with E-state index in [1.54, 1.807) is 6.20 Å². The Hall–Kier alpha value is -3.64. The molecule has 0 atom stereocenters. The molecule has 0 unspecified atom stereocenters. The number of hydrogen-bond donors (Lipinski definition) is 3. The zero-order valence-corrected chi connectivity index (χ0v) is 21.9. The van der Waals surface area contributed by atoms with E-state index >= 15 is 0 Å². The molecule has 3 aromatic rings. The lowest BCUT2D eigenvalue weighted by Crippen LogP contribution is -2.54. The van der Waals surface area contributed by atoms with Crippen molar-refractivity contribution in [1.82, 2.24) is 9.88 Å². The fourth-order valence-corrected chi connectivity index (χ4v) is 5.18. The number of anilines is 2. The largest absolute Gasteiger partial charge is 0.375 e.